The Kier molecular flexibility index (Phi) is 16.3. The molecular weight excluding hydrogens is 930 g/mol. The fourth-order valence-electron chi connectivity index (χ4n) is 10.4. The molecule has 3 aliphatic rings. The van der Waals surface area contributed by atoms with Gasteiger partial charge in [-0.05, 0) is 54.7 Å². The van der Waals surface area contributed by atoms with Gasteiger partial charge in [0.15, 0.2) is 0 Å². The third kappa shape index (κ3) is 11.8. The number of hydrogen-bond acceptors (Lipinski definition) is 14. The van der Waals surface area contributed by atoms with E-state index in [1.54, 1.807) is 35.7 Å². The average molecular weight is 999 g/mol. The van der Waals surface area contributed by atoms with Crippen LogP contribution < -0.4 is 25.6 Å². The topological polar surface area (TPSA) is 206 Å². The highest BCUT2D eigenvalue weighted by Gasteiger charge is 2.64. The summed E-state index contributed by atoms with van der Waals surface area (Å²) in [6.07, 6.45) is -0.196. The number of halogens is 1. The highest BCUT2D eigenvalue weighted by atomic mass is 35.5. The minimum absolute atomic E-state index is 0.0155. The predicted molar refractivity (Wildman–Crippen MR) is 270 cm³/mol. The number of nitriles is 1. The molecule has 5 atom stereocenters. The highest BCUT2D eigenvalue weighted by molar-refractivity contribution is 7.13. The smallest absolute Gasteiger partial charge is 0.246 e. The minimum Gasteiger partial charge on any atom is -0.489 e. The number of carbonyl (C=O) groups excluding carboxylic acids is 3. The molecule has 2 aromatic carbocycles. The lowest BCUT2D eigenvalue weighted by Gasteiger charge is -2.63. The summed E-state index contributed by atoms with van der Waals surface area (Å²) in [6.45, 7) is 21.5. The number of pyridine rings is 1. The summed E-state index contributed by atoms with van der Waals surface area (Å²) >= 11 is 7.84. The first-order chi connectivity index (χ1) is 33.1. The highest BCUT2D eigenvalue weighted by Crippen LogP contribution is 2.56. The van der Waals surface area contributed by atoms with Gasteiger partial charge in [-0.1, -0.05) is 84.3 Å². The summed E-state index contributed by atoms with van der Waals surface area (Å²) in [4.78, 5) is 57.1. The average Bonchev–Trinajstić information content (AvgIpc) is 3.95. The van der Waals surface area contributed by atoms with Crippen LogP contribution >= 0.6 is 22.9 Å². The number of nitrogens with zero attached hydrogens (tertiary/aromatic N) is 6. The first-order valence-electron chi connectivity index (χ1n) is 24.0. The molecule has 5 N–H and O–H groups in total. The molecule has 376 valence electrons. The van der Waals surface area contributed by atoms with Crippen LogP contribution in [0.25, 0.3) is 10.4 Å². The third-order valence-corrected chi connectivity index (χ3v) is 15.4. The van der Waals surface area contributed by atoms with Crippen molar-refractivity contribution >= 4 is 46.5 Å². The molecule has 7 rings (SSSR count). The fourth-order valence-corrected chi connectivity index (χ4v) is 11.5. The number of hydrogen-bond donors (Lipinski definition) is 5. The second kappa shape index (κ2) is 21.7. The molecule has 4 aromatic rings. The van der Waals surface area contributed by atoms with Gasteiger partial charge in [0.2, 0.25) is 17.7 Å². The maximum Gasteiger partial charge on any atom is 0.246 e. The zero-order chi connectivity index (χ0) is 50.7. The van der Waals surface area contributed by atoms with Crippen LogP contribution in [-0.4, -0.2) is 131 Å². The summed E-state index contributed by atoms with van der Waals surface area (Å²) in [7, 11) is 0. The summed E-state index contributed by atoms with van der Waals surface area (Å²) in [6, 6.07) is 16.6. The van der Waals surface area contributed by atoms with Gasteiger partial charge in [-0.15, -0.1) is 11.3 Å². The Labute approximate surface area is 420 Å². The Morgan fingerprint density at radius 1 is 0.986 bits per heavy atom. The number of carbonyl (C=O) groups is 3. The summed E-state index contributed by atoms with van der Waals surface area (Å²) in [5.74, 6) is 0.174. The summed E-state index contributed by atoms with van der Waals surface area (Å²) in [5.41, 5.74) is 4.40. The van der Waals surface area contributed by atoms with Crippen molar-refractivity contribution in [3.8, 4) is 22.3 Å². The van der Waals surface area contributed by atoms with Crippen LogP contribution in [0, 0.1) is 34.5 Å². The van der Waals surface area contributed by atoms with E-state index in [0.717, 1.165) is 53.7 Å². The predicted octanol–water partition coefficient (Wildman–Crippen LogP) is 6.01. The Morgan fingerprint density at radius 3 is 2.27 bits per heavy atom. The van der Waals surface area contributed by atoms with Gasteiger partial charge in [-0.3, -0.25) is 24.6 Å². The number of aryl methyl sites for hydroxylation is 1. The number of nitrogens with one attached hydrogen (secondary N) is 3. The largest absolute Gasteiger partial charge is 0.489 e. The van der Waals surface area contributed by atoms with E-state index in [4.69, 9.17) is 26.1 Å². The minimum atomic E-state index is -0.961. The molecule has 18 heteroatoms. The van der Waals surface area contributed by atoms with E-state index in [-0.39, 0.29) is 54.5 Å². The monoisotopic (exact) mass is 997 g/mol. The van der Waals surface area contributed by atoms with Crippen LogP contribution in [0.2, 0.25) is 5.02 Å². The molecule has 70 heavy (non-hydrogen) atoms. The van der Waals surface area contributed by atoms with E-state index in [9.17, 15) is 29.9 Å². The number of aliphatic hydroxyl groups excluding tert-OH is 2. The number of benzene rings is 2. The van der Waals surface area contributed by atoms with Crippen molar-refractivity contribution in [1.29, 1.82) is 5.26 Å². The molecule has 1 aliphatic carbocycles. The van der Waals surface area contributed by atoms with Crippen LogP contribution in [0.1, 0.15) is 96.5 Å². The molecule has 1 unspecified atom stereocenters. The molecule has 0 bridgehead atoms. The first-order valence-corrected chi connectivity index (χ1v) is 25.2. The van der Waals surface area contributed by atoms with Crippen molar-refractivity contribution in [2.75, 3.05) is 57.4 Å². The van der Waals surface area contributed by atoms with Crippen LogP contribution in [0.3, 0.4) is 0 Å². The number of anilines is 1. The molecule has 2 saturated heterocycles. The van der Waals surface area contributed by atoms with Crippen molar-refractivity contribution in [2.24, 2.45) is 16.2 Å². The van der Waals surface area contributed by atoms with Gasteiger partial charge in [0, 0.05) is 80.4 Å². The number of piperazine rings is 1. The van der Waals surface area contributed by atoms with E-state index in [2.05, 4.69) is 64.5 Å². The van der Waals surface area contributed by atoms with Crippen molar-refractivity contribution in [3.63, 3.8) is 0 Å². The molecule has 16 nitrogen and oxygen atoms in total. The van der Waals surface area contributed by atoms with Gasteiger partial charge >= 0.3 is 0 Å². The van der Waals surface area contributed by atoms with E-state index >= 15 is 0 Å². The summed E-state index contributed by atoms with van der Waals surface area (Å²) < 4.78 is 12.2. The van der Waals surface area contributed by atoms with Crippen LogP contribution in [0.15, 0.2) is 66.3 Å². The summed E-state index contributed by atoms with van der Waals surface area (Å²) in [5, 5.41) is 40.9. The van der Waals surface area contributed by atoms with E-state index in [1.165, 1.54) is 4.90 Å². The van der Waals surface area contributed by atoms with Crippen LogP contribution in [-0.2, 0) is 19.1 Å². The normalized spacial score (nSPS) is 22.3. The Morgan fingerprint density at radius 2 is 1.67 bits per heavy atom. The van der Waals surface area contributed by atoms with Crippen molar-refractivity contribution < 1.29 is 34.1 Å². The number of rotatable bonds is 17. The quantitative estimate of drug-likeness (QED) is 0.0608. The Hall–Kier alpha value is -5.19. The zero-order valence-corrected chi connectivity index (χ0v) is 43.2. The lowest BCUT2D eigenvalue weighted by molar-refractivity contribution is -0.179. The molecule has 0 radical (unpaired) electrons. The molecule has 2 aromatic heterocycles. The molecule has 2 aliphatic heterocycles. The van der Waals surface area contributed by atoms with E-state index in [0.29, 0.717) is 35.1 Å². The van der Waals surface area contributed by atoms with Crippen LogP contribution in [0.5, 0.6) is 5.75 Å². The second-order valence-corrected chi connectivity index (χ2v) is 22.4. The van der Waals surface area contributed by atoms with Gasteiger partial charge in [-0.25, -0.2) is 9.97 Å². The van der Waals surface area contributed by atoms with Crippen molar-refractivity contribution in [2.45, 2.75) is 111 Å². The number of likely N-dealkylation sites (tertiary alicyclic amines) is 1. The van der Waals surface area contributed by atoms with Gasteiger partial charge in [0.1, 0.15) is 48.7 Å². The molecule has 3 fully saturated rings. The number of amides is 3. The number of β-amino-alcohol motifs (C(OH)–C–C–N with tert-alkyl or cyclic N) is 1. The third-order valence-electron chi connectivity index (χ3n) is 14.1. The number of thiazole rings is 1. The first kappa shape index (κ1) is 52.6. The van der Waals surface area contributed by atoms with E-state index in [1.807, 2.05) is 76.5 Å². The zero-order valence-electron chi connectivity index (χ0n) is 41.7. The van der Waals surface area contributed by atoms with Gasteiger partial charge < -0.3 is 40.1 Å². The number of aromatic nitrogens is 2. The number of ether oxygens (including phenoxy) is 2. The Balaban J connectivity index is 0.830. The second-order valence-electron chi connectivity index (χ2n) is 21.1. The van der Waals surface area contributed by atoms with E-state index < -0.39 is 41.6 Å². The molecule has 1 saturated carbocycles. The molecular formula is C52H68ClN9O7S. The lowest BCUT2D eigenvalue weighted by atomic mass is 9.49. The molecule has 3 amide bonds. The molecule has 4 heterocycles. The van der Waals surface area contributed by atoms with Crippen molar-refractivity contribution in [1.82, 2.24) is 35.7 Å². The van der Waals surface area contributed by atoms with Crippen molar-refractivity contribution in [3.05, 3.63) is 93.7 Å². The van der Waals surface area contributed by atoms with Gasteiger partial charge in [-0.2, -0.15) is 5.26 Å². The maximum absolute atomic E-state index is 14.1. The van der Waals surface area contributed by atoms with Gasteiger partial charge in [0.25, 0.3) is 0 Å². The lowest BCUT2D eigenvalue weighted by Crippen LogP contribution is -2.74. The Bertz CT molecular complexity index is 2500. The molecule has 0 spiro atoms. The fraction of sp³-hybridized carbons (Fsp3) is 0.538. The number of aliphatic hydroxyl groups is 2. The maximum atomic E-state index is 14.1. The van der Waals surface area contributed by atoms with Crippen LogP contribution in [0.4, 0.5) is 5.82 Å². The van der Waals surface area contributed by atoms with Gasteiger partial charge in [0.05, 0.1) is 45.4 Å². The SMILES string of the molecule is Cc1ncsc1-c1ccc([C@H](C)NC(=O)[C@@H]2C[C@@H](O)CN2C(=O)[C@@H](NC(=O)COCCN2CCN(c3ccc(C(O)NC4C(C)(C)C(Oc5ccc(C#N)c(Cl)c5)C4(C)C)cn3)CC2)C(C)(C)C)cc1. The standard InChI is InChI=1S/C52H68ClN9O7S/c1-31(33-10-12-34(13-11-33)43-32(2)56-30-70-43)57-46(66)40-24-37(63)28-62(40)47(67)44(50(3,4)5)58-42(64)29-68-23-22-60-18-20-61(21-19-60)41-17-15-36(27-55-41)45(65)59-48-51(6,7)49(52(48,8)9)69-38-16-14-35(26-54)39(53)25-38/h10-17,25,27,30-31,37,40,44-45,48-49,59,63,65H,18-24,28-29H2,1-9H3,(H,57,66)(H,58,64)/t31-,37+,40-,44+,45?,48?,49?/m0/s1.